The number of hydrogen-bond donors (Lipinski definition) is 1. The van der Waals surface area contributed by atoms with Crippen LogP contribution in [0.2, 0.25) is 0 Å². The Hall–Kier alpha value is -0.830. The molecule has 2 heterocycles. The normalized spacial score (nSPS) is 22.2. The van der Waals surface area contributed by atoms with Crippen LogP contribution in [0.15, 0.2) is 12.5 Å². The molecule has 1 N–H and O–H groups in total. The molecule has 2 rings (SSSR count). The summed E-state index contributed by atoms with van der Waals surface area (Å²) >= 11 is 0. The van der Waals surface area contributed by atoms with E-state index >= 15 is 0 Å². The van der Waals surface area contributed by atoms with Gasteiger partial charge in [-0.15, -0.1) is 0 Å². The van der Waals surface area contributed by atoms with E-state index in [0.717, 1.165) is 12.5 Å². The van der Waals surface area contributed by atoms with Gasteiger partial charge in [0, 0.05) is 18.3 Å². The number of aromatic nitrogens is 2. The molecule has 0 amide bonds. The molecular weight excluding hydrogens is 210 g/mol. The van der Waals surface area contributed by atoms with Crippen LogP contribution in [-0.2, 0) is 0 Å². The molecule has 3 heteroatoms. The third kappa shape index (κ3) is 3.09. The molecule has 0 bridgehead atoms. The lowest BCUT2D eigenvalue weighted by atomic mass is 10.0. The van der Waals surface area contributed by atoms with E-state index in [1.54, 1.807) is 0 Å². The van der Waals surface area contributed by atoms with Gasteiger partial charge >= 0.3 is 0 Å². The molecule has 1 fully saturated rings. The van der Waals surface area contributed by atoms with Gasteiger partial charge in [0.2, 0.25) is 0 Å². The van der Waals surface area contributed by atoms with E-state index in [9.17, 15) is 0 Å². The highest BCUT2D eigenvalue weighted by Gasteiger charge is 2.21. The predicted molar refractivity (Wildman–Crippen MR) is 71.0 cm³/mol. The molecule has 0 saturated carbocycles. The Kier molecular flexibility index (Phi) is 4.21. The molecule has 1 aromatic heterocycles. The fourth-order valence-corrected chi connectivity index (χ4v) is 2.60. The summed E-state index contributed by atoms with van der Waals surface area (Å²) in [6, 6.07) is 1.09. The second kappa shape index (κ2) is 5.67. The summed E-state index contributed by atoms with van der Waals surface area (Å²) in [4.78, 5) is 4.34. The van der Waals surface area contributed by atoms with Crippen LogP contribution in [-0.4, -0.2) is 16.1 Å². The molecule has 0 aliphatic carbocycles. The Labute approximate surface area is 105 Å². The van der Waals surface area contributed by atoms with Crippen LogP contribution in [0.5, 0.6) is 0 Å². The lowest BCUT2D eigenvalue weighted by Crippen LogP contribution is -2.18. The topological polar surface area (TPSA) is 29.9 Å². The lowest BCUT2D eigenvalue weighted by molar-refractivity contribution is 0.419. The Morgan fingerprint density at radius 3 is 2.88 bits per heavy atom. The molecule has 1 saturated heterocycles. The van der Waals surface area contributed by atoms with Crippen molar-refractivity contribution in [1.29, 1.82) is 0 Å². The summed E-state index contributed by atoms with van der Waals surface area (Å²) < 4.78 is 2.37. The average Bonchev–Trinajstić information content (AvgIpc) is 2.94. The highest BCUT2D eigenvalue weighted by molar-refractivity contribution is 5.08. The Morgan fingerprint density at radius 2 is 2.24 bits per heavy atom. The number of rotatable bonds is 5. The lowest BCUT2D eigenvalue weighted by Gasteiger charge is -2.20. The minimum atomic E-state index is 0.527. The second-order valence-electron chi connectivity index (χ2n) is 5.69. The van der Waals surface area contributed by atoms with Crippen LogP contribution in [0, 0.1) is 5.92 Å². The van der Waals surface area contributed by atoms with Crippen LogP contribution in [0.25, 0.3) is 0 Å². The first-order valence-electron chi connectivity index (χ1n) is 6.93. The first-order valence-corrected chi connectivity index (χ1v) is 6.93. The van der Waals surface area contributed by atoms with E-state index in [-0.39, 0.29) is 0 Å². The van der Waals surface area contributed by atoms with Gasteiger partial charge in [0.1, 0.15) is 0 Å². The van der Waals surface area contributed by atoms with E-state index in [4.69, 9.17) is 0 Å². The summed E-state index contributed by atoms with van der Waals surface area (Å²) in [5.41, 5.74) is 1.37. The summed E-state index contributed by atoms with van der Waals surface area (Å²) in [6.07, 6.45) is 9.11. The smallest absolute Gasteiger partial charge is 0.0951 e. The van der Waals surface area contributed by atoms with Crippen molar-refractivity contribution in [3.05, 3.63) is 18.2 Å². The van der Waals surface area contributed by atoms with E-state index in [0.29, 0.717) is 12.1 Å². The molecule has 96 valence electrons. The van der Waals surface area contributed by atoms with E-state index < -0.39 is 0 Å². The van der Waals surface area contributed by atoms with Crippen LogP contribution >= 0.6 is 0 Å². The first-order chi connectivity index (χ1) is 8.18. The molecule has 3 nitrogen and oxygen atoms in total. The Balaban J connectivity index is 2.02. The molecule has 17 heavy (non-hydrogen) atoms. The quantitative estimate of drug-likeness (QED) is 0.848. The summed E-state index contributed by atoms with van der Waals surface area (Å²) in [5, 5.41) is 3.56. The standard InChI is InChI=1S/C14H25N3/c1-11(2)6-7-12(3)17-10-15-9-14(17)13-5-4-8-16-13/h9-13,16H,4-8H2,1-3H3. The number of nitrogens with zero attached hydrogens (tertiary/aromatic N) is 2. The highest BCUT2D eigenvalue weighted by atomic mass is 15.1. The summed E-state index contributed by atoms with van der Waals surface area (Å²) in [6.45, 7) is 8.04. The third-order valence-electron chi connectivity index (χ3n) is 3.75. The van der Waals surface area contributed by atoms with E-state index in [1.165, 1.54) is 31.4 Å². The number of imidazole rings is 1. The van der Waals surface area contributed by atoms with E-state index in [1.807, 2.05) is 12.5 Å². The van der Waals surface area contributed by atoms with Crippen molar-refractivity contribution < 1.29 is 0 Å². The number of hydrogen-bond acceptors (Lipinski definition) is 2. The van der Waals surface area contributed by atoms with Crippen LogP contribution < -0.4 is 5.32 Å². The Morgan fingerprint density at radius 1 is 1.41 bits per heavy atom. The molecular formula is C14H25N3. The zero-order valence-electron chi connectivity index (χ0n) is 11.3. The first kappa shape index (κ1) is 12.6. The van der Waals surface area contributed by atoms with Crippen molar-refractivity contribution in [3.8, 4) is 0 Å². The van der Waals surface area contributed by atoms with Gasteiger partial charge in [0.05, 0.1) is 12.0 Å². The fraction of sp³-hybridized carbons (Fsp3) is 0.786. The molecule has 0 radical (unpaired) electrons. The van der Waals surface area contributed by atoms with Gasteiger partial charge in [-0.1, -0.05) is 13.8 Å². The molecule has 0 aromatic carbocycles. The van der Waals surface area contributed by atoms with Gasteiger partial charge in [-0.05, 0) is 45.1 Å². The monoisotopic (exact) mass is 235 g/mol. The molecule has 1 aromatic rings. The molecule has 1 aliphatic rings. The SMILES string of the molecule is CC(C)CCC(C)n1cncc1C1CCCN1. The van der Waals surface area contributed by atoms with Crippen molar-refractivity contribution in [1.82, 2.24) is 14.9 Å². The maximum Gasteiger partial charge on any atom is 0.0951 e. The largest absolute Gasteiger partial charge is 0.330 e. The van der Waals surface area contributed by atoms with Crippen molar-refractivity contribution >= 4 is 0 Å². The van der Waals surface area contributed by atoms with Gasteiger partial charge in [-0.2, -0.15) is 0 Å². The van der Waals surface area contributed by atoms with Gasteiger partial charge in [-0.25, -0.2) is 4.98 Å². The summed E-state index contributed by atoms with van der Waals surface area (Å²) in [7, 11) is 0. The summed E-state index contributed by atoms with van der Waals surface area (Å²) in [5.74, 6) is 0.786. The van der Waals surface area contributed by atoms with Crippen LogP contribution in [0.3, 0.4) is 0 Å². The van der Waals surface area contributed by atoms with Crippen molar-refractivity contribution in [2.24, 2.45) is 5.92 Å². The zero-order valence-corrected chi connectivity index (χ0v) is 11.3. The Bertz CT molecular complexity index is 337. The maximum atomic E-state index is 4.34. The van der Waals surface area contributed by atoms with E-state index in [2.05, 4.69) is 35.6 Å². The molecule has 2 atom stereocenters. The van der Waals surface area contributed by atoms with Crippen LogP contribution in [0.1, 0.15) is 64.2 Å². The van der Waals surface area contributed by atoms with Gasteiger partial charge in [0.25, 0.3) is 0 Å². The minimum absolute atomic E-state index is 0.527. The third-order valence-corrected chi connectivity index (χ3v) is 3.75. The predicted octanol–water partition coefficient (Wildman–Crippen LogP) is 3.30. The molecule has 2 unspecified atom stereocenters. The molecule has 1 aliphatic heterocycles. The average molecular weight is 235 g/mol. The maximum absolute atomic E-state index is 4.34. The van der Waals surface area contributed by atoms with Crippen molar-refractivity contribution in [2.45, 2.75) is 58.5 Å². The zero-order chi connectivity index (χ0) is 12.3. The van der Waals surface area contributed by atoms with Gasteiger partial charge in [-0.3, -0.25) is 0 Å². The van der Waals surface area contributed by atoms with Crippen molar-refractivity contribution in [3.63, 3.8) is 0 Å². The van der Waals surface area contributed by atoms with Gasteiger partial charge in [0.15, 0.2) is 0 Å². The van der Waals surface area contributed by atoms with Crippen molar-refractivity contribution in [2.75, 3.05) is 6.54 Å². The molecule has 0 spiro atoms. The second-order valence-corrected chi connectivity index (χ2v) is 5.69. The highest BCUT2D eigenvalue weighted by Crippen LogP contribution is 2.26. The van der Waals surface area contributed by atoms with Crippen LogP contribution in [0.4, 0.5) is 0 Å². The minimum Gasteiger partial charge on any atom is -0.330 e. The fourth-order valence-electron chi connectivity index (χ4n) is 2.60. The number of nitrogens with one attached hydrogen (secondary N) is 1. The van der Waals surface area contributed by atoms with Gasteiger partial charge < -0.3 is 9.88 Å².